The topological polar surface area (TPSA) is 15.3 Å². The first-order valence-corrected chi connectivity index (χ1v) is 7.68. The van der Waals surface area contributed by atoms with E-state index >= 15 is 0 Å². The van der Waals surface area contributed by atoms with E-state index in [9.17, 15) is 0 Å². The fourth-order valence-electron chi connectivity index (χ4n) is 2.57. The van der Waals surface area contributed by atoms with Gasteiger partial charge in [0.15, 0.2) is 0 Å². The van der Waals surface area contributed by atoms with Crippen LogP contribution in [0.3, 0.4) is 0 Å². The SMILES string of the molecule is CC(C)CN1CCC(Nc2ccccc2Br)CC1. The van der Waals surface area contributed by atoms with E-state index < -0.39 is 0 Å². The second-order valence-electron chi connectivity index (χ2n) is 5.59. The zero-order valence-corrected chi connectivity index (χ0v) is 12.9. The number of nitrogens with one attached hydrogen (secondary N) is 1. The van der Waals surface area contributed by atoms with Gasteiger partial charge in [0.25, 0.3) is 0 Å². The summed E-state index contributed by atoms with van der Waals surface area (Å²) in [5, 5.41) is 3.65. The molecule has 2 nitrogen and oxygen atoms in total. The van der Waals surface area contributed by atoms with Crippen LogP contribution in [0, 0.1) is 5.92 Å². The molecule has 100 valence electrons. The van der Waals surface area contributed by atoms with Gasteiger partial charge in [-0.2, -0.15) is 0 Å². The van der Waals surface area contributed by atoms with Crippen molar-refractivity contribution in [3.63, 3.8) is 0 Å². The van der Waals surface area contributed by atoms with Gasteiger partial charge < -0.3 is 10.2 Å². The van der Waals surface area contributed by atoms with Gasteiger partial charge in [0.1, 0.15) is 0 Å². The molecule has 0 saturated carbocycles. The molecule has 1 aromatic rings. The van der Waals surface area contributed by atoms with Gasteiger partial charge in [-0.1, -0.05) is 26.0 Å². The minimum absolute atomic E-state index is 0.618. The Balaban J connectivity index is 1.82. The first kappa shape index (κ1) is 13.9. The number of likely N-dealkylation sites (tertiary alicyclic amines) is 1. The van der Waals surface area contributed by atoms with Gasteiger partial charge in [-0.3, -0.25) is 0 Å². The van der Waals surface area contributed by atoms with Crippen molar-refractivity contribution >= 4 is 21.6 Å². The Morgan fingerprint density at radius 2 is 1.94 bits per heavy atom. The van der Waals surface area contributed by atoms with Crippen LogP contribution in [0.15, 0.2) is 28.7 Å². The van der Waals surface area contributed by atoms with Crippen molar-refractivity contribution in [3.8, 4) is 0 Å². The van der Waals surface area contributed by atoms with Gasteiger partial charge in [0.2, 0.25) is 0 Å². The molecule has 0 amide bonds. The van der Waals surface area contributed by atoms with Crippen LogP contribution in [0.5, 0.6) is 0 Å². The molecule has 0 atom stereocenters. The molecule has 1 fully saturated rings. The maximum absolute atomic E-state index is 3.65. The molecule has 0 aromatic heterocycles. The van der Waals surface area contributed by atoms with Crippen molar-refractivity contribution in [1.82, 2.24) is 4.90 Å². The lowest BCUT2D eigenvalue weighted by atomic mass is 10.0. The second-order valence-corrected chi connectivity index (χ2v) is 6.45. The maximum Gasteiger partial charge on any atom is 0.0486 e. The molecule has 2 rings (SSSR count). The van der Waals surface area contributed by atoms with E-state index in [1.165, 1.54) is 38.2 Å². The summed E-state index contributed by atoms with van der Waals surface area (Å²) in [6.07, 6.45) is 2.49. The first-order chi connectivity index (χ1) is 8.65. The Morgan fingerprint density at radius 3 is 2.56 bits per heavy atom. The molecule has 3 heteroatoms. The number of nitrogens with zero attached hydrogens (tertiary/aromatic N) is 1. The van der Waals surface area contributed by atoms with Crippen LogP contribution in [0.1, 0.15) is 26.7 Å². The molecule has 1 aliphatic heterocycles. The van der Waals surface area contributed by atoms with Gasteiger partial charge >= 0.3 is 0 Å². The fourth-order valence-corrected chi connectivity index (χ4v) is 2.97. The molecular formula is C15H23BrN2. The zero-order valence-electron chi connectivity index (χ0n) is 11.3. The number of hydrogen-bond acceptors (Lipinski definition) is 2. The van der Waals surface area contributed by atoms with Crippen molar-refractivity contribution in [2.24, 2.45) is 5.92 Å². The average Bonchev–Trinajstić information content (AvgIpc) is 2.34. The Morgan fingerprint density at radius 1 is 1.28 bits per heavy atom. The van der Waals surface area contributed by atoms with Gasteiger partial charge in [-0.25, -0.2) is 0 Å². The molecule has 0 bridgehead atoms. The standard InChI is InChI=1S/C15H23BrN2/c1-12(2)11-18-9-7-13(8-10-18)17-15-6-4-3-5-14(15)16/h3-6,12-13,17H,7-11H2,1-2H3. The largest absolute Gasteiger partial charge is 0.381 e. The summed E-state index contributed by atoms with van der Waals surface area (Å²) in [5.41, 5.74) is 1.22. The Bertz CT molecular complexity index is 371. The van der Waals surface area contributed by atoms with Crippen molar-refractivity contribution < 1.29 is 0 Å². The number of para-hydroxylation sites is 1. The maximum atomic E-state index is 3.65. The Labute approximate surface area is 119 Å². The van der Waals surface area contributed by atoms with E-state index in [2.05, 4.69) is 64.3 Å². The molecule has 0 spiro atoms. The number of anilines is 1. The predicted molar refractivity (Wildman–Crippen MR) is 82.1 cm³/mol. The Kier molecular flexibility index (Phi) is 5.07. The summed E-state index contributed by atoms with van der Waals surface area (Å²) < 4.78 is 1.16. The first-order valence-electron chi connectivity index (χ1n) is 6.88. The van der Waals surface area contributed by atoms with Crippen molar-refractivity contribution in [2.45, 2.75) is 32.7 Å². The van der Waals surface area contributed by atoms with Crippen LogP contribution in [0.2, 0.25) is 0 Å². The number of rotatable bonds is 4. The molecule has 0 unspecified atom stereocenters. The van der Waals surface area contributed by atoms with E-state index in [-0.39, 0.29) is 0 Å². The van der Waals surface area contributed by atoms with E-state index in [1.807, 2.05) is 0 Å². The van der Waals surface area contributed by atoms with E-state index in [0.29, 0.717) is 6.04 Å². The molecule has 1 heterocycles. The van der Waals surface area contributed by atoms with Crippen molar-refractivity contribution in [1.29, 1.82) is 0 Å². The lowest BCUT2D eigenvalue weighted by Crippen LogP contribution is -2.40. The number of benzene rings is 1. The van der Waals surface area contributed by atoms with Crippen LogP contribution in [-0.4, -0.2) is 30.6 Å². The fraction of sp³-hybridized carbons (Fsp3) is 0.600. The van der Waals surface area contributed by atoms with Crippen molar-refractivity contribution in [2.75, 3.05) is 25.0 Å². The average molecular weight is 311 g/mol. The van der Waals surface area contributed by atoms with Crippen LogP contribution in [-0.2, 0) is 0 Å². The highest BCUT2D eigenvalue weighted by atomic mass is 79.9. The summed E-state index contributed by atoms with van der Waals surface area (Å²) in [6.45, 7) is 8.28. The minimum atomic E-state index is 0.618. The normalized spacial score (nSPS) is 18.2. The third-order valence-electron chi connectivity index (χ3n) is 3.44. The summed E-state index contributed by atoms with van der Waals surface area (Å²) >= 11 is 3.59. The van der Waals surface area contributed by atoms with Gasteiger partial charge in [0, 0.05) is 35.8 Å². The molecule has 0 aliphatic carbocycles. The molecule has 1 aliphatic rings. The van der Waals surface area contributed by atoms with Crippen LogP contribution in [0.4, 0.5) is 5.69 Å². The van der Waals surface area contributed by atoms with E-state index in [0.717, 1.165) is 10.4 Å². The predicted octanol–water partition coefficient (Wildman–Crippen LogP) is 3.98. The smallest absolute Gasteiger partial charge is 0.0486 e. The summed E-state index contributed by atoms with van der Waals surface area (Å²) in [5.74, 6) is 0.776. The van der Waals surface area contributed by atoms with Crippen LogP contribution < -0.4 is 5.32 Å². The third-order valence-corrected chi connectivity index (χ3v) is 4.14. The highest BCUT2D eigenvalue weighted by Gasteiger charge is 2.19. The highest BCUT2D eigenvalue weighted by Crippen LogP contribution is 2.24. The molecular weight excluding hydrogens is 288 g/mol. The second kappa shape index (κ2) is 6.58. The number of piperidine rings is 1. The quantitative estimate of drug-likeness (QED) is 0.905. The summed E-state index contributed by atoms with van der Waals surface area (Å²) in [4.78, 5) is 2.59. The van der Waals surface area contributed by atoms with E-state index in [4.69, 9.17) is 0 Å². The molecule has 0 radical (unpaired) electrons. The van der Waals surface area contributed by atoms with Gasteiger partial charge in [-0.15, -0.1) is 0 Å². The van der Waals surface area contributed by atoms with Crippen molar-refractivity contribution in [3.05, 3.63) is 28.7 Å². The van der Waals surface area contributed by atoms with E-state index in [1.54, 1.807) is 0 Å². The molecule has 1 aromatic carbocycles. The molecule has 1 N–H and O–H groups in total. The molecule has 1 saturated heterocycles. The lowest BCUT2D eigenvalue weighted by Gasteiger charge is -2.33. The van der Waals surface area contributed by atoms with Gasteiger partial charge in [-0.05, 0) is 46.8 Å². The third kappa shape index (κ3) is 3.99. The minimum Gasteiger partial charge on any atom is -0.381 e. The zero-order chi connectivity index (χ0) is 13.0. The Hall–Kier alpha value is -0.540. The lowest BCUT2D eigenvalue weighted by molar-refractivity contribution is 0.198. The number of halogens is 1. The molecule has 18 heavy (non-hydrogen) atoms. The summed E-state index contributed by atoms with van der Waals surface area (Å²) in [7, 11) is 0. The van der Waals surface area contributed by atoms with Crippen LogP contribution >= 0.6 is 15.9 Å². The van der Waals surface area contributed by atoms with Gasteiger partial charge in [0.05, 0.1) is 0 Å². The number of hydrogen-bond donors (Lipinski definition) is 1. The monoisotopic (exact) mass is 310 g/mol. The van der Waals surface area contributed by atoms with Crippen LogP contribution in [0.25, 0.3) is 0 Å². The highest BCUT2D eigenvalue weighted by molar-refractivity contribution is 9.10. The summed E-state index contributed by atoms with van der Waals surface area (Å²) in [6, 6.07) is 8.99.